The molecule has 0 aliphatic heterocycles. The topological polar surface area (TPSA) is 95.7 Å². The van der Waals surface area contributed by atoms with Crippen LogP contribution in [0.4, 0.5) is 5.69 Å². The zero-order chi connectivity index (χ0) is 17.7. The lowest BCUT2D eigenvalue weighted by atomic mass is 10.1. The Balaban J connectivity index is 2.35. The van der Waals surface area contributed by atoms with Crippen molar-refractivity contribution >= 4 is 29.2 Å². The number of nitro groups is 1. The number of halogens is 1. The third-order valence-electron chi connectivity index (χ3n) is 3.12. The SMILES string of the molecule is COC(=O)C(OC(=O)c1ccc(Cl)cc1[N+](=O)[O-])c1ccccc1. The maximum Gasteiger partial charge on any atom is 0.351 e. The van der Waals surface area contributed by atoms with Gasteiger partial charge in [-0.3, -0.25) is 10.1 Å². The minimum absolute atomic E-state index is 0.103. The molecule has 0 spiro atoms. The van der Waals surface area contributed by atoms with Crippen molar-refractivity contribution in [1.82, 2.24) is 0 Å². The maximum atomic E-state index is 12.3. The molecule has 0 heterocycles. The first-order valence-electron chi connectivity index (χ1n) is 6.71. The van der Waals surface area contributed by atoms with Crippen LogP contribution in [-0.4, -0.2) is 24.0 Å². The molecule has 7 nitrogen and oxygen atoms in total. The highest BCUT2D eigenvalue weighted by Crippen LogP contribution is 2.27. The van der Waals surface area contributed by atoms with Crippen LogP contribution in [0.25, 0.3) is 0 Å². The number of ether oxygens (including phenoxy) is 2. The van der Waals surface area contributed by atoms with Gasteiger partial charge in [-0.05, 0) is 12.1 Å². The maximum absolute atomic E-state index is 12.3. The zero-order valence-corrected chi connectivity index (χ0v) is 13.2. The van der Waals surface area contributed by atoms with Crippen LogP contribution < -0.4 is 0 Å². The van der Waals surface area contributed by atoms with Crippen molar-refractivity contribution in [3.63, 3.8) is 0 Å². The first kappa shape index (κ1) is 17.4. The number of hydrogen-bond acceptors (Lipinski definition) is 6. The van der Waals surface area contributed by atoms with E-state index in [1.807, 2.05) is 0 Å². The molecule has 1 unspecified atom stereocenters. The highest BCUT2D eigenvalue weighted by molar-refractivity contribution is 6.31. The molecule has 0 aromatic heterocycles. The van der Waals surface area contributed by atoms with Gasteiger partial charge in [-0.1, -0.05) is 41.9 Å². The second-order valence-electron chi connectivity index (χ2n) is 4.64. The van der Waals surface area contributed by atoms with Gasteiger partial charge in [0.1, 0.15) is 5.56 Å². The van der Waals surface area contributed by atoms with Crippen LogP contribution in [0.3, 0.4) is 0 Å². The molecular formula is C16H12ClNO6. The Kier molecular flexibility index (Phi) is 5.49. The molecule has 0 fully saturated rings. The average Bonchev–Trinajstić information content (AvgIpc) is 2.59. The van der Waals surface area contributed by atoms with Gasteiger partial charge in [0.2, 0.25) is 6.10 Å². The summed E-state index contributed by atoms with van der Waals surface area (Å²) in [5.41, 5.74) is -0.437. The van der Waals surface area contributed by atoms with E-state index >= 15 is 0 Å². The summed E-state index contributed by atoms with van der Waals surface area (Å²) >= 11 is 5.71. The number of carbonyl (C=O) groups is 2. The fraction of sp³-hybridized carbons (Fsp3) is 0.125. The van der Waals surface area contributed by atoms with E-state index in [-0.39, 0.29) is 10.6 Å². The third-order valence-corrected chi connectivity index (χ3v) is 3.35. The molecule has 0 aliphatic carbocycles. The molecule has 0 saturated carbocycles. The highest BCUT2D eigenvalue weighted by Gasteiger charge is 2.29. The first-order chi connectivity index (χ1) is 11.4. The second-order valence-corrected chi connectivity index (χ2v) is 5.07. The number of benzene rings is 2. The van der Waals surface area contributed by atoms with Crippen LogP contribution in [0, 0.1) is 10.1 Å². The fourth-order valence-electron chi connectivity index (χ4n) is 1.99. The molecule has 0 amide bonds. The van der Waals surface area contributed by atoms with Gasteiger partial charge < -0.3 is 9.47 Å². The fourth-order valence-corrected chi connectivity index (χ4v) is 2.15. The smallest absolute Gasteiger partial charge is 0.351 e. The quantitative estimate of drug-likeness (QED) is 0.466. The van der Waals surface area contributed by atoms with Crippen molar-refractivity contribution in [2.24, 2.45) is 0 Å². The molecular weight excluding hydrogens is 338 g/mol. The van der Waals surface area contributed by atoms with Crippen molar-refractivity contribution in [3.05, 3.63) is 74.8 Å². The number of rotatable bonds is 5. The number of nitro benzene ring substituents is 1. The van der Waals surface area contributed by atoms with Crippen LogP contribution in [0.15, 0.2) is 48.5 Å². The Hall–Kier alpha value is -2.93. The summed E-state index contributed by atoms with van der Waals surface area (Å²) in [7, 11) is 1.15. The Morgan fingerprint density at radius 1 is 1.17 bits per heavy atom. The summed E-state index contributed by atoms with van der Waals surface area (Å²) in [6.07, 6.45) is -1.33. The standard InChI is InChI=1S/C16H12ClNO6/c1-23-16(20)14(10-5-3-2-4-6-10)24-15(19)12-8-7-11(17)9-13(12)18(21)22/h2-9,14H,1H3. The molecule has 2 aromatic rings. The molecule has 24 heavy (non-hydrogen) atoms. The largest absolute Gasteiger partial charge is 0.466 e. The predicted molar refractivity (Wildman–Crippen MR) is 84.7 cm³/mol. The number of hydrogen-bond donors (Lipinski definition) is 0. The van der Waals surface area contributed by atoms with Crippen molar-refractivity contribution < 1.29 is 24.0 Å². The van der Waals surface area contributed by atoms with Gasteiger partial charge in [-0.15, -0.1) is 0 Å². The first-order valence-corrected chi connectivity index (χ1v) is 7.09. The van der Waals surface area contributed by atoms with Crippen molar-refractivity contribution in [2.45, 2.75) is 6.10 Å². The lowest BCUT2D eigenvalue weighted by Gasteiger charge is -2.16. The molecule has 2 aromatic carbocycles. The summed E-state index contributed by atoms with van der Waals surface area (Å²) in [5, 5.41) is 11.2. The molecule has 1 atom stereocenters. The lowest BCUT2D eigenvalue weighted by molar-refractivity contribution is -0.385. The summed E-state index contributed by atoms with van der Waals surface area (Å²) in [6, 6.07) is 11.7. The third kappa shape index (κ3) is 3.88. The van der Waals surface area contributed by atoms with Gasteiger partial charge in [0.05, 0.1) is 12.0 Å². The molecule has 0 bridgehead atoms. The van der Waals surface area contributed by atoms with E-state index < -0.39 is 28.7 Å². The van der Waals surface area contributed by atoms with E-state index in [9.17, 15) is 19.7 Å². The number of esters is 2. The normalized spacial score (nSPS) is 11.4. The van der Waals surface area contributed by atoms with Crippen molar-refractivity contribution in [2.75, 3.05) is 7.11 Å². The van der Waals surface area contributed by atoms with Crippen LogP contribution in [-0.2, 0) is 14.3 Å². The minimum Gasteiger partial charge on any atom is -0.466 e. The summed E-state index contributed by atoms with van der Waals surface area (Å²) in [4.78, 5) is 34.5. The van der Waals surface area contributed by atoms with Gasteiger partial charge in [-0.25, -0.2) is 9.59 Å². The Morgan fingerprint density at radius 2 is 1.83 bits per heavy atom. The number of nitrogens with zero attached hydrogens (tertiary/aromatic N) is 1. The van der Waals surface area contributed by atoms with Gasteiger partial charge >= 0.3 is 11.9 Å². The van der Waals surface area contributed by atoms with E-state index in [0.29, 0.717) is 5.56 Å². The van der Waals surface area contributed by atoms with Gasteiger partial charge in [0, 0.05) is 16.7 Å². The van der Waals surface area contributed by atoms with Crippen LogP contribution >= 0.6 is 11.6 Å². The van der Waals surface area contributed by atoms with Crippen molar-refractivity contribution in [1.29, 1.82) is 0 Å². The monoisotopic (exact) mass is 349 g/mol. The Labute approximate surface area is 141 Å². The second kappa shape index (κ2) is 7.56. The van der Waals surface area contributed by atoms with Gasteiger partial charge in [-0.2, -0.15) is 0 Å². The Bertz CT molecular complexity index is 777. The lowest BCUT2D eigenvalue weighted by Crippen LogP contribution is -2.21. The van der Waals surface area contributed by atoms with E-state index in [2.05, 4.69) is 4.74 Å². The molecule has 0 saturated heterocycles. The number of carbonyl (C=O) groups excluding carboxylic acids is 2. The van der Waals surface area contributed by atoms with Crippen LogP contribution in [0.2, 0.25) is 5.02 Å². The van der Waals surface area contributed by atoms with E-state index in [0.717, 1.165) is 13.2 Å². The summed E-state index contributed by atoms with van der Waals surface area (Å²) in [5.74, 6) is -1.83. The van der Waals surface area contributed by atoms with Crippen LogP contribution in [0.5, 0.6) is 0 Å². The average molecular weight is 350 g/mol. The van der Waals surface area contributed by atoms with Crippen molar-refractivity contribution in [3.8, 4) is 0 Å². The summed E-state index contributed by atoms with van der Waals surface area (Å²) in [6.45, 7) is 0. The zero-order valence-electron chi connectivity index (χ0n) is 12.5. The molecule has 0 aliphatic rings. The van der Waals surface area contributed by atoms with E-state index in [1.54, 1.807) is 30.3 Å². The van der Waals surface area contributed by atoms with Crippen LogP contribution in [0.1, 0.15) is 22.0 Å². The van der Waals surface area contributed by atoms with Gasteiger partial charge in [0.15, 0.2) is 0 Å². The Morgan fingerprint density at radius 3 is 2.42 bits per heavy atom. The van der Waals surface area contributed by atoms with E-state index in [1.165, 1.54) is 12.1 Å². The predicted octanol–water partition coefficient (Wildman–Crippen LogP) is 3.32. The minimum atomic E-state index is -1.33. The summed E-state index contributed by atoms with van der Waals surface area (Å²) < 4.78 is 9.77. The molecule has 0 radical (unpaired) electrons. The molecule has 124 valence electrons. The highest BCUT2D eigenvalue weighted by atomic mass is 35.5. The number of methoxy groups -OCH3 is 1. The van der Waals surface area contributed by atoms with E-state index in [4.69, 9.17) is 16.3 Å². The molecule has 8 heteroatoms. The molecule has 0 N–H and O–H groups in total. The van der Waals surface area contributed by atoms with Gasteiger partial charge in [0.25, 0.3) is 5.69 Å². The molecule has 2 rings (SSSR count).